The highest BCUT2D eigenvalue weighted by Crippen LogP contribution is 2.59. The Morgan fingerprint density at radius 3 is 2.61 bits per heavy atom. The number of hydrogen-bond donors (Lipinski definition) is 2. The van der Waals surface area contributed by atoms with Gasteiger partial charge in [0.05, 0.1) is 12.2 Å². The Labute approximate surface area is 199 Å². The van der Waals surface area contributed by atoms with Crippen LogP contribution in [0.15, 0.2) is 23.3 Å². The van der Waals surface area contributed by atoms with Crippen molar-refractivity contribution in [2.75, 3.05) is 19.6 Å². The Morgan fingerprint density at radius 2 is 1.88 bits per heavy atom. The van der Waals surface area contributed by atoms with Crippen LogP contribution >= 0.6 is 0 Å². The van der Waals surface area contributed by atoms with Crippen LogP contribution in [-0.2, 0) is 0 Å². The molecule has 188 valence electrons. The molecular formula is C28H45F2NO2. The van der Waals surface area contributed by atoms with Crippen molar-refractivity contribution in [1.29, 1.82) is 0 Å². The summed E-state index contributed by atoms with van der Waals surface area (Å²) >= 11 is 0. The third-order valence-electron chi connectivity index (χ3n) is 9.51. The normalized spacial score (nSPS) is 39.9. The highest BCUT2D eigenvalue weighted by Gasteiger charge is 2.50. The summed E-state index contributed by atoms with van der Waals surface area (Å²) in [5, 5.41) is 20.0. The Morgan fingerprint density at radius 1 is 1.12 bits per heavy atom. The maximum Gasteiger partial charge on any atom is 0.238 e. The minimum absolute atomic E-state index is 0.0552. The molecule has 0 aromatic rings. The van der Waals surface area contributed by atoms with Crippen LogP contribution < -0.4 is 0 Å². The molecule has 0 radical (unpaired) electrons. The third-order valence-corrected chi connectivity index (χ3v) is 9.51. The second-order valence-electron chi connectivity index (χ2n) is 12.0. The molecule has 3 nitrogen and oxygen atoms in total. The monoisotopic (exact) mass is 465 g/mol. The number of nitrogens with zero attached hydrogens (tertiary/aromatic N) is 1. The molecule has 0 spiro atoms. The van der Waals surface area contributed by atoms with Crippen LogP contribution in [0, 0.1) is 29.1 Å². The van der Waals surface area contributed by atoms with E-state index in [2.05, 4.69) is 30.9 Å². The van der Waals surface area contributed by atoms with E-state index in [4.69, 9.17) is 0 Å². The predicted octanol–water partition coefficient (Wildman–Crippen LogP) is 5.96. The molecule has 1 heterocycles. The van der Waals surface area contributed by atoms with Gasteiger partial charge < -0.3 is 15.1 Å². The molecule has 4 rings (SSSR count). The Hall–Kier alpha value is -0.780. The zero-order valence-electron chi connectivity index (χ0n) is 20.7. The molecule has 3 saturated carbocycles. The van der Waals surface area contributed by atoms with Crippen LogP contribution in [0.1, 0.15) is 84.5 Å². The fraction of sp³-hybridized carbons (Fsp3) is 0.857. The number of fused-ring (bicyclic) bond motifs is 1. The number of aliphatic hydroxyl groups excluding tert-OH is 2. The first-order valence-corrected chi connectivity index (χ1v) is 13.5. The molecule has 33 heavy (non-hydrogen) atoms. The van der Waals surface area contributed by atoms with E-state index in [9.17, 15) is 19.0 Å². The average molecular weight is 466 g/mol. The van der Waals surface area contributed by atoms with Crippen molar-refractivity contribution < 1.29 is 19.0 Å². The van der Waals surface area contributed by atoms with Gasteiger partial charge in [0.2, 0.25) is 6.43 Å². The fourth-order valence-electron chi connectivity index (χ4n) is 7.96. The predicted molar refractivity (Wildman–Crippen MR) is 129 cm³/mol. The van der Waals surface area contributed by atoms with Gasteiger partial charge in [-0.25, -0.2) is 8.78 Å². The highest BCUT2D eigenvalue weighted by atomic mass is 19.3. The lowest BCUT2D eigenvalue weighted by molar-refractivity contribution is 0.0609. The maximum absolute atomic E-state index is 12.6. The standard InChI is InChI=1S/C28H45F2NO2/c1-19(17-31-13-11-20(18-31)6-10-27(29)30)25-8-9-26-22(4-3-12-28(25,26)2)7-5-21-14-23(32)16-24(33)15-21/h5,7,19-20,23-27,32-33H,3-4,6,8-18H2,1-2H3/b22-7+/t19?,20-,23-,24-,25-,26+,28-/m1/s1. The largest absolute Gasteiger partial charge is 0.393 e. The number of alkyl halides is 2. The van der Waals surface area contributed by atoms with Gasteiger partial charge in [-0.2, -0.15) is 0 Å². The summed E-state index contributed by atoms with van der Waals surface area (Å²) in [5.74, 6) is 2.45. The summed E-state index contributed by atoms with van der Waals surface area (Å²) in [4.78, 5) is 2.54. The molecule has 1 unspecified atom stereocenters. The topological polar surface area (TPSA) is 43.7 Å². The Bertz CT molecular complexity index is 711. The molecule has 1 saturated heterocycles. The summed E-state index contributed by atoms with van der Waals surface area (Å²) < 4.78 is 25.2. The lowest BCUT2D eigenvalue weighted by Gasteiger charge is -2.45. The van der Waals surface area contributed by atoms with E-state index >= 15 is 0 Å². The van der Waals surface area contributed by atoms with Gasteiger partial charge in [0.1, 0.15) is 0 Å². The molecule has 2 N–H and O–H groups in total. The molecule has 3 aliphatic carbocycles. The van der Waals surface area contributed by atoms with Crippen LogP contribution in [0.4, 0.5) is 8.78 Å². The Kier molecular flexibility index (Phi) is 8.34. The van der Waals surface area contributed by atoms with E-state index in [1.54, 1.807) is 5.57 Å². The van der Waals surface area contributed by atoms with Crippen molar-refractivity contribution in [3.05, 3.63) is 23.3 Å². The smallest absolute Gasteiger partial charge is 0.238 e. The molecular weight excluding hydrogens is 420 g/mol. The van der Waals surface area contributed by atoms with Crippen molar-refractivity contribution in [3.63, 3.8) is 0 Å². The summed E-state index contributed by atoms with van der Waals surface area (Å²) in [7, 11) is 0. The summed E-state index contributed by atoms with van der Waals surface area (Å²) in [5.41, 5.74) is 3.11. The summed E-state index contributed by atoms with van der Waals surface area (Å²) in [6.07, 6.45) is 11.5. The van der Waals surface area contributed by atoms with Crippen molar-refractivity contribution in [1.82, 2.24) is 4.90 Å². The molecule has 7 atom stereocenters. The van der Waals surface area contributed by atoms with Crippen LogP contribution in [0.25, 0.3) is 0 Å². The molecule has 0 aromatic carbocycles. The maximum atomic E-state index is 12.6. The van der Waals surface area contributed by atoms with Gasteiger partial charge in [0.25, 0.3) is 0 Å². The van der Waals surface area contributed by atoms with Crippen LogP contribution in [0.5, 0.6) is 0 Å². The van der Waals surface area contributed by atoms with Gasteiger partial charge in [-0.1, -0.05) is 37.1 Å². The number of rotatable bonds is 7. The molecule has 5 heteroatoms. The Balaban J connectivity index is 1.36. The SMILES string of the molecule is CC(CN1CC[C@@H](CCC(F)F)C1)[C@H]1CC[C@H]2/C(=C/C=C3C[C@@H](O)C[C@H](O)C3)CCC[C@]12C. The lowest BCUT2D eigenvalue weighted by atomic mass is 9.61. The number of hydrogen-bond acceptors (Lipinski definition) is 3. The van der Waals surface area contributed by atoms with Gasteiger partial charge in [-0.15, -0.1) is 0 Å². The van der Waals surface area contributed by atoms with Crippen molar-refractivity contribution in [3.8, 4) is 0 Å². The van der Waals surface area contributed by atoms with E-state index in [-0.39, 0.29) is 6.42 Å². The quantitative estimate of drug-likeness (QED) is 0.487. The number of allylic oxidation sites excluding steroid dienone is 3. The van der Waals surface area contributed by atoms with Crippen molar-refractivity contribution in [2.45, 2.75) is 103 Å². The fourth-order valence-corrected chi connectivity index (χ4v) is 7.96. The minimum Gasteiger partial charge on any atom is -0.393 e. The molecule has 0 amide bonds. The number of halogens is 2. The van der Waals surface area contributed by atoms with Gasteiger partial charge in [-0.3, -0.25) is 0 Å². The van der Waals surface area contributed by atoms with Gasteiger partial charge >= 0.3 is 0 Å². The van der Waals surface area contributed by atoms with Gasteiger partial charge in [0.15, 0.2) is 0 Å². The first-order valence-electron chi connectivity index (χ1n) is 13.5. The molecule has 4 fully saturated rings. The second-order valence-corrected chi connectivity index (χ2v) is 12.0. The zero-order chi connectivity index (χ0) is 23.6. The van der Waals surface area contributed by atoms with E-state index in [0.29, 0.717) is 48.9 Å². The first kappa shape index (κ1) is 25.3. The highest BCUT2D eigenvalue weighted by molar-refractivity contribution is 5.26. The number of likely N-dealkylation sites (tertiary alicyclic amines) is 1. The van der Waals surface area contributed by atoms with Crippen molar-refractivity contribution in [2.24, 2.45) is 29.1 Å². The third kappa shape index (κ3) is 6.08. The van der Waals surface area contributed by atoms with Crippen LogP contribution in [0.3, 0.4) is 0 Å². The molecule has 0 aromatic heterocycles. The van der Waals surface area contributed by atoms with Gasteiger partial charge in [-0.05, 0) is 99.8 Å². The molecule has 0 bridgehead atoms. The van der Waals surface area contributed by atoms with Gasteiger partial charge in [0, 0.05) is 19.5 Å². The second kappa shape index (κ2) is 10.9. The average Bonchev–Trinajstić information content (AvgIpc) is 3.33. The first-order chi connectivity index (χ1) is 15.7. The van der Waals surface area contributed by atoms with Crippen molar-refractivity contribution >= 4 is 0 Å². The minimum atomic E-state index is -2.16. The molecule has 4 aliphatic rings. The van der Waals surface area contributed by atoms with E-state index in [1.165, 1.54) is 37.7 Å². The summed E-state index contributed by atoms with van der Waals surface area (Å²) in [6, 6.07) is 0. The van der Waals surface area contributed by atoms with E-state index in [1.807, 2.05) is 0 Å². The van der Waals surface area contributed by atoms with E-state index < -0.39 is 18.6 Å². The van der Waals surface area contributed by atoms with E-state index in [0.717, 1.165) is 32.0 Å². The zero-order valence-corrected chi connectivity index (χ0v) is 20.7. The van der Waals surface area contributed by atoms with Crippen LogP contribution in [0.2, 0.25) is 0 Å². The lowest BCUT2D eigenvalue weighted by Crippen LogP contribution is -2.39. The molecule has 1 aliphatic heterocycles. The number of aliphatic hydroxyl groups is 2. The summed E-state index contributed by atoms with van der Waals surface area (Å²) in [6.45, 7) is 8.13. The van der Waals surface area contributed by atoms with Crippen LogP contribution in [-0.4, -0.2) is 53.4 Å².